The summed E-state index contributed by atoms with van der Waals surface area (Å²) < 4.78 is 1.80. The predicted octanol–water partition coefficient (Wildman–Crippen LogP) is 3.76. The van der Waals surface area contributed by atoms with E-state index in [0.717, 1.165) is 10.6 Å². The Morgan fingerprint density at radius 3 is 2.50 bits per heavy atom. The van der Waals surface area contributed by atoms with Gasteiger partial charge in [0.15, 0.2) is 11.0 Å². The highest BCUT2D eigenvalue weighted by atomic mass is 32.2. The van der Waals surface area contributed by atoms with E-state index >= 15 is 0 Å². The van der Waals surface area contributed by atoms with Crippen molar-refractivity contribution >= 4 is 41.0 Å². The van der Waals surface area contributed by atoms with E-state index in [2.05, 4.69) is 20.8 Å². The van der Waals surface area contributed by atoms with Crippen LogP contribution in [0.15, 0.2) is 64.6 Å². The maximum Gasteiger partial charge on any atom is 0.251 e. The summed E-state index contributed by atoms with van der Waals surface area (Å²) >= 11 is 2.88. The molecule has 1 atom stereocenters. The molecule has 3 rings (SSSR count). The Kier molecular flexibility index (Phi) is 7.53. The van der Waals surface area contributed by atoms with Crippen LogP contribution >= 0.6 is 23.5 Å². The molecule has 0 bridgehead atoms. The van der Waals surface area contributed by atoms with Crippen molar-refractivity contribution in [3.8, 4) is 0 Å². The first-order chi connectivity index (χ1) is 14.5. The zero-order valence-corrected chi connectivity index (χ0v) is 18.6. The van der Waals surface area contributed by atoms with Gasteiger partial charge in [-0.25, -0.2) is 0 Å². The van der Waals surface area contributed by atoms with Gasteiger partial charge < -0.3 is 15.2 Å². The van der Waals surface area contributed by atoms with Crippen molar-refractivity contribution in [3.63, 3.8) is 0 Å². The molecule has 7 nitrogen and oxygen atoms in total. The van der Waals surface area contributed by atoms with Crippen LogP contribution in [0.2, 0.25) is 0 Å². The van der Waals surface area contributed by atoms with Gasteiger partial charge in [0.1, 0.15) is 0 Å². The van der Waals surface area contributed by atoms with Crippen LogP contribution in [0.3, 0.4) is 0 Å². The minimum atomic E-state index is -0.327. The molecule has 1 unspecified atom stereocenters. The maximum atomic E-state index is 12.4. The van der Waals surface area contributed by atoms with Crippen LogP contribution in [-0.4, -0.2) is 38.6 Å². The topological polar surface area (TPSA) is 88.9 Å². The fraction of sp³-hybridized carbons (Fsp3) is 0.238. The lowest BCUT2D eigenvalue weighted by molar-refractivity contribution is -0.113. The second-order valence-electron chi connectivity index (χ2n) is 6.50. The van der Waals surface area contributed by atoms with Gasteiger partial charge in [0, 0.05) is 17.5 Å². The smallest absolute Gasteiger partial charge is 0.251 e. The van der Waals surface area contributed by atoms with E-state index in [4.69, 9.17) is 0 Å². The van der Waals surface area contributed by atoms with Crippen LogP contribution in [0, 0.1) is 0 Å². The first-order valence-corrected chi connectivity index (χ1v) is 11.5. The number of aromatic nitrogens is 3. The van der Waals surface area contributed by atoms with Crippen LogP contribution in [-0.2, 0) is 11.8 Å². The normalized spacial score (nSPS) is 11.7. The Labute approximate surface area is 184 Å². The van der Waals surface area contributed by atoms with E-state index in [9.17, 15) is 9.59 Å². The molecule has 0 aliphatic rings. The summed E-state index contributed by atoms with van der Waals surface area (Å²) in [6.07, 6.45) is 1.97. The molecule has 0 spiro atoms. The lowest BCUT2D eigenvalue weighted by Crippen LogP contribution is -2.28. The number of benzene rings is 2. The summed E-state index contributed by atoms with van der Waals surface area (Å²) in [5, 5.41) is 14.8. The quantitative estimate of drug-likeness (QED) is 0.518. The number of carbonyl (C=O) groups is 2. The molecule has 1 aromatic heterocycles. The molecule has 1 heterocycles. The lowest BCUT2D eigenvalue weighted by Gasteiger charge is -2.13. The number of hydrogen-bond donors (Lipinski definition) is 2. The van der Waals surface area contributed by atoms with Crippen molar-refractivity contribution in [2.45, 2.75) is 23.0 Å². The SMILES string of the molecule is CSc1ccccc1NC(=O)CSc1nnc(C(C)NC(=O)c2ccccc2)n1C. The number of rotatable bonds is 8. The monoisotopic (exact) mass is 441 g/mol. The Hall–Kier alpha value is -2.78. The molecule has 156 valence electrons. The molecule has 0 radical (unpaired) electrons. The first-order valence-electron chi connectivity index (χ1n) is 9.30. The van der Waals surface area contributed by atoms with E-state index in [1.165, 1.54) is 11.8 Å². The zero-order chi connectivity index (χ0) is 21.5. The standard InChI is InChI=1S/C21H23N5O2S2/c1-14(22-20(28)15-9-5-4-6-10-15)19-24-25-21(26(19)2)30-13-18(27)23-16-11-7-8-12-17(16)29-3/h4-12,14H,13H2,1-3H3,(H,22,28)(H,23,27). The lowest BCUT2D eigenvalue weighted by atomic mass is 10.2. The number of carbonyl (C=O) groups excluding carboxylic acids is 2. The average Bonchev–Trinajstić information content (AvgIpc) is 3.13. The van der Waals surface area contributed by atoms with Crippen molar-refractivity contribution in [1.29, 1.82) is 0 Å². The van der Waals surface area contributed by atoms with Gasteiger partial charge in [0.2, 0.25) is 5.91 Å². The highest BCUT2D eigenvalue weighted by Gasteiger charge is 2.19. The van der Waals surface area contributed by atoms with Gasteiger partial charge in [-0.05, 0) is 37.4 Å². The molecule has 2 N–H and O–H groups in total. The van der Waals surface area contributed by atoms with Gasteiger partial charge in [-0.2, -0.15) is 0 Å². The summed E-state index contributed by atoms with van der Waals surface area (Å²) in [5.41, 5.74) is 1.38. The number of nitrogens with one attached hydrogen (secondary N) is 2. The van der Waals surface area contributed by atoms with Gasteiger partial charge in [0.25, 0.3) is 5.91 Å². The minimum absolute atomic E-state index is 0.114. The molecule has 30 heavy (non-hydrogen) atoms. The molecule has 3 aromatic rings. The Bertz CT molecular complexity index is 1020. The molecule has 2 amide bonds. The van der Waals surface area contributed by atoms with E-state index in [-0.39, 0.29) is 23.6 Å². The van der Waals surface area contributed by atoms with E-state index in [0.29, 0.717) is 16.5 Å². The number of amides is 2. The van der Waals surface area contributed by atoms with Gasteiger partial charge in [-0.3, -0.25) is 9.59 Å². The summed E-state index contributed by atoms with van der Waals surface area (Å²) in [4.78, 5) is 25.7. The van der Waals surface area contributed by atoms with E-state index in [1.807, 2.05) is 62.7 Å². The Morgan fingerprint density at radius 1 is 1.07 bits per heavy atom. The van der Waals surface area contributed by atoms with Crippen molar-refractivity contribution in [1.82, 2.24) is 20.1 Å². The third-order valence-electron chi connectivity index (χ3n) is 4.35. The predicted molar refractivity (Wildman–Crippen MR) is 121 cm³/mol. The van der Waals surface area contributed by atoms with Gasteiger partial charge in [0.05, 0.1) is 17.5 Å². The summed E-state index contributed by atoms with van der Waals surface area (Å²) in [5.74, 6) is 0.540. The summed E-state index contributed by atoms with van der Waals surface area (Å²) in [6, 6.07) is 16.4. The summed E-state index contributed by atoms with van der Waals surface area (Å²) in [6.45, 7) is 1.85. The largest absolute Gasteiger partial charge is 0.342 e. The molecule has 0 saturated heterocycles. The third-order valence-corrected chi connectivity index (χ3v) is 6.17. The third kappa shape index (κ3) is 5.43. The van der Waals surface area contributed by atoms with E-state index in [1.54, 1.807) is 28.5 Å². The molecular formula is C21H23N5O2S2. The Balaban J connectivity index is 1.58. The van der Waals surface area contributed by atoms with Crippen LogP contribution in [0.25, 0.3) is 0 Å². The number of anilines is 1. The van der Waals surface area contributed by atoms with Crippen LogP contribution in [0.1, 0.15) is 29.1 Å². The number of hydrogen-bond acceptors (Lipinski definition) is 6. The molecular weight excluding hydrogens is 418 g/mol. The van der Waals surface area contributed by atoms with Gasteiger partial charge in [-0.15, -0.1) is 22.0 Å². The minimum Gasteiger partial charge on any atom is -0.342 e. The molecule has 0 aliphatic carbocycles. The number of thioether (sulfide) groups is 2. The molecule has 9 heteroatoms. The average molecular weight is 442 g/mol. The van der Waals surface area contributed by atoms with Crippen LogP contribution < -0.4 is 10.6 Å². The van der Waals surface area contributed by atoms with E-state index < -0.39 is 0 Å². The number of nitrogens with zero attached hydrogens (tertiary/aromatic N) is 3. The molecule has 0 aliphatic heterocycles. The molecule has 2 aromatic carbocycles. The second-order valence-corrected chi connectivity index (χ2v) is 8.29. The molecule has 0 fully saturated rings. The van der Waals surface area contributed by atoms with Crippen molar-refractivity contribution in [2.75, 3.05) is 17.3 Å². The fourth-order valence-electron chi connectivity index (χ4n) is 2.83. The van der Waals surface area contributed by atoms with Crippen LogP contribution in [0.5, 0.6) is 0 Å². The zero-order valence-electron chi connectivity index (χ0n) is 17.0. The fourth-order valence-corrected chi connectivity index (χ4v) is 4.10. The van der Waals surface area contributed by atoms with Crippen molar-refractivity contribution in [3.05, 3.63) is 66.0 Å². The van der Waals surface area contributed by atoms with Crippen molar-refractivity contribution in [2.24, 2.45) is 7.05 Å². The molecule has 0 saturated carbocycles. The highest BCUT2D eigenvalue weighted by molar-refractivity contribution is 7.99. The van der Waals surface area contributed by atoms with Crippen LogP contribution in [0.4, 0.5) is 5.69 Å². The van der Waals surface area contributed by atoms with Gasteiger partial charge in [-0.1, -0.05) is 42.1 Å². The second kappa shape index (κ2) is 10.3. The summed E-state index contributed by atoms with van der Waals surface area (Å²) in [7, 11) is 1.82. The first kappa shape index (κ1) is 21.9. The maximum absolute atomic E-state index is 12.4. The highest BCUT2D eigenvalue weighted by Crippen LogP contribution is 2.25. The number of para-hydroxylation sites is 1. The van der Waals surface area contributed by atoms with Crippen molar-refractivity contribution < 1.29 is 9.59 Å². The van der Waals surface area contributed by atoms with Gasteiger partial charge >= 0.3 is 0 Å². The Morgan fingerprint density at radius 2 is 1.77 bits per heavy atom.